The molecule has 4 rings (SSSR count). The van der Waals surface area contributed by atoms with Crippen LogP contribution in [-0.4, -0.2) is 56.4 Å². The second-order valence-electron chi connectivity index (χ2n) is 8.75. The molecule has 194 valence electrons. The number of urea groups is 1. The number of methoxy groups -OCH3 is 1. The van der Waals surface area contributed by atoms with Crippen LogP contribution in [0.15, 0.2) is 78.9 Å². The smallest absolute Gasteiger partial charge is 0.321 e. The minimum absolute atomic E-state index is 0.0756. The lowest BCUT2D eigenvalue weighted by Crippen LogP contribution is -2.39. The Balaban J connectivity index is 0.00000186. The van der Waals surface area contributed by atoms with Crippen LogP contribution in [0.2, 0.25) is 0 Å². The number of benzene rings is 3. The Labute approximate surface area is 220 Å². The summed E-state index contributed by atoms with van der Waals surface area (Å²) in [5.41, 5.74) is 3.98. The van der Waals surface area contributed by atoms with Gasteiger partial charge in [0.15, 0.2) is 0 Å². The average molecular weight is 500 g/mol. The zero-order valence-electron chi connectivity index (χ0n) is 21.7. The number of aliphatic hydroxyl groups excluding tert-OH is 1. The molecule has 0 aromatic heterocycles. The normalized spacial score (nSPS) is 15.8. The van der Waals surface area contributed by atoms with E-state index in [1.165, 1.54) is 5.56 Å². The summed E-state index contributed by atoms with van der Waals surface area (Å²) in [6.07, 6.45) is 2.91. The highest BCUT2D eigenvalue weighted by Crippen LogP contribution is 2.25. The summed E-state index contributed by atoms with van der Waals surface area (Å²) in [5, 5.41) is 13.6. The molecule has 0 spiro atoms. The molecule has 1 aliphatic rings. The monoisotopic (exact) mass is 499 g/mol. The van der Waals surface area contributed by atoms with Crippen LogP contribution >= 0.6 is 0 Å². The third-order valence-electron chi connectivity index (χ3n) is 6.31. The van der Waals surface area contributed by atoms with Crippen molar-refractivity contribution in [3.63, 3.8) is 0 Å². The number of rotatable bonds is 3. The number of hydrogen-bond acceptors (Lipinski definition) is 4. The van der Waals surface area contributed by atoms with Gasteiger partial charge in [-0.25, -0.2) is 4.79 Å². The van der Waals surface area contributed by atoms with E-state index in [0.717, 1.165) is 57.1 Å². The Morgan fingerprint density at radius 2 is 1.59 bits per heavy atom. The maximum Gasteiger partial charge on any atom is 0.321 e. The number of carbonyl (C=O) groups excluding carboxylic acids is 1. The predicted molar refractivity (Wildman–Crippen MR) is 150 cm³/mol. The van der Waals surface area contributed by atoms with E-state index in [1.807, 2.05) is 59.5 Å². The van der Waals surface area contributed by atoms with Gasteiger partial charge in [0, 0.05) is 37.9 Å². The molecule has 0 radical (unpaired) electrons. The molecule has 3 N–H and O–H groups in total. The van der Waals surface area contributed by atoms with E-state index in [4.69, 9.17) is 9.84 Å². The zero-order valence-corrected chi connectivity index (χ0v) is 21.7. The fourth-order valence-corrected chi connectivity index (χ4v) is 4.29. The van der Waals surface area contributed by atoms with Gasteiger partial charge >= 0.3 is 6.03 Å². The lowest BCUT2D eigenvalue weighted by atomic mass is 9.94. The summed E-state index contributed by atoms with van der Waals surface area (Å²) in [4.78, 5) is 15.0. The molecular formula is C31H37N3O3. The Kier molecular flexibility index (Phi) is 11.5. The number of anilines is 1. The first kappa shape index (κ1) is 27.8. The van der Waals surface area contributed by atoms with Crippen molar-refractivity contribution in [3.8, 4) is 17.6 Å². The summed E-state index contributed by atoms with van der Waals surface area (Å²) < 4.78 is 5.39. The molecule has 1 aliphatic heterocycles. The second-order valence-corrected chi connectivity index (χ2v) is 8.75. The van der Waals surface area contributed by atoms with Gasteiger partial charge in [0.1, 0.15) is 5.75 Å². The van der Waals surface area contributed by atoms with Gasteiger partial charge in [-0.1, -0.05) is 54.3 Å². The third kappa shape index (κ3) is 8.68. The van der Waals surface area contributed by atoms with Crippen molar-refractivity contribution in [2.24, 2.45) is 0 Å². The van der Waals surface area contributed by atoms with Gasteiger partial charge in [0.2, 0.25) is 0 Å². The molecule has 0 aliphatic carbocycles. The highest BCUT2D eigenvalue weighted by molar-refractivity contribution is 5.91. The molecule has 1 saturated heterocycles. The molecule has 1 fully saturated rings. The van der Waals surface area contributed by atoms with Crippen molar-refractivity contribution in [3.05, 3.63) is 95.6 Å². The molecule has 6 nitrogen and oxygen atoms in total. The standard InChI is InChI=1S/C30H33N3O2.CH4O/c1-35-29-12-6-5-11-28(29)32-30(34)33-21-8-7-20-31-23-27(19-22-33)26-17-15-25(16-18-26)14-13-24-9-3-2-4-10-24;1-2/h2-6,9-12,15-18,27,31H,7-8,19-23H2,1H3,(H,32,34);2H,1H3/t27-;/m1./s1. The molecule has 0 unspecified atom stereocenters. The first-order valence-electron chi connectivity index (χ1n) is 12.7. The van der Waals surface area contributed by atoms with E-state index in [-0.39, 0.29) is 6.03 Å². The van der Waals surface area contributed by atoms with E-state index in [2.05, 4.69) is 46.7 Å². The van der Waals surface area contributed by atoms with Gasteiger partial charge in [-0.05, 0) is 73.7 Å². The highest BCUT2D eigenvalue weighted by atomic mass is 16.5. The summed E-state index contributed by atoms with van der Waals surface area (Å²) in [6.45, 7) is 3.29. The number of hydrogen-bond donors (Lipinski definition) is 3. The molecule has 1 atom stereocenters. The van der Waals surface area contributed by atoms with Crippen molar-refractivity contribution in [1.29, 1.82) is 0 Å². The van der Waals surface area contributed by atoms with Crippen molar-refractivity contribution < 1.29 is 14.6 Å². The summed E-state index contributed by atoms with van der Waals surface area (Å²) in [5.74, 6) is 7.46. The number of carbonyl (C=O) groups is 1. The molecule has 37 heavy (non-hydrogen) atoms. The number of ether oxygens (including phenoxy) is 1. The van der Waals surface area contributed by atoms with E-state index >= 15 is 0 Å². The van der Waals surface area contributed by atoms with E-state index in [9.17, 15) is 4.79 Å². The number of aliphatic hydroxyl groups is 1. The van der Waals surface area contributed by atoms with Crippen LogP contribution in [0.1, 0.15) is 41.9 Å². The maximum absolute atomic E-state index is 13.1. The fourth-order valence-electron chi connectivity index (χ4n) is 4.29. The summed E-state index contributed by atoms with van der Waals surface area (Å²) in [7, 11) is 2.62. The second kappa shape index (κ2) is 15.4. The predicted octanol–water partition coefficient (Wildman–Crippen LogP) is 5.09. The van der Waals surface area contributed by atoms with Crippen LogP contribution < -0.4 is 15.4 Å². The molecule has 3 aromatic carbocycles. The number of para-hydroxylation sites is 2. The fraction of sp³-hybridized carbons (Fsp3) is 0.323. The van der Waals surface area contributed by atoms with Crippen molar-refractivity contribution in [1.82, 2.24) is 10.2 Å². The minimum Gasteiger partial charge on any atom is -0.495 e. The molecule has 1 heterocycles. The topological polar surface area (TPSA) is 73.8 Å². The maximum atomic E-state index is 13.1. The number of amides is 2. The highest BCUT2D eigenvalue weighted by Gasteiger charge is 2.19. The number of nitrogens with zero attached hydrogens (tertiary/aromatic N) is 1. The first-order chi connectivity index (χ1) is 18.2. The van der Waals surface area contributed by atoms with Gasteiger partial charge in [0.25, 0.3) is 0 Å². The van der Waals surface area contributed by atoms with E-state index in [0.29, 0.717) is 23.9 Å². The van der Waals surface area contributed by atoms with E-state index in [1.54, 1.807) is 7.11 Å². The number of nitrogens with one attached hydrogen (secondary N) is 2. The quantitative estimate of drug-likeness (QED) is 0.439. The van der Waals surface area contributed by atoms with Crippen molar-refractivity contribution in [2.45, 2.75) is 25.2 Å². The minimum atomic E-state index is -0.0756. The van der Waals surface area contributed by atoms with E-state index < -0.39 is 0 Å². The lowest BCUT2D eigenvalue weighted by molar-refractivity contribution is 0.206. The van der Waals surface area contributed by atoms with Crippen molar-refractivity contribution in [2.75, 3.05) is 45.7 Å². The Hall–Kier alpha value is -3.79. The Morgan fingerprint density at radius 1 is 0.919 bits per heavy atom. The largest absolute Gasteiger partial charge is 0.495 e. The van der Waals surface area contributed by atoms with Crippen molar-refractivity contribution >= 4 is 11.7 Å². The van der Waals surface area contributed by atoms with Crippen LogP contribution in [0, 0.1) is 11.8 Å². The van der Waals surface area contributed by atoms with Gasteiger partial charge < -0.3 is 25.4 Å². The van der Waals surface area contributed by atoms with Gasteiger partial charge in [-0.3, -0.25) is 0 Å². The van der Waals surface area contributed by atoms with Crippen LogP contribution in [0.25, 0.3) is 0 Å². The Morgan fingerprint density at radius 3 is 2.32 bits per heavy atom. The molecule has 6 heteroatoms. The first-order valence-corrected chi connectivity index (χ1v) is 12.7. The molecule has 2 amide bonds. The van der Waals surface area contributed by atoms with Gasteiger partial charge in [0.05, 0.1) is 12.8 Å². The zero-order chi connectivity index (χ0) is 26.3. The summed E-state index contributed by atoms with van der Waals surface area (Å²) >= 11 is 0. The van der Waals surface area contributed by atoms with Crippen LogP contribution in [-0.2, 0) is 0 Å². The third-order valence-corrected chi connectivity index (χ3v) is 6.31. The van der Waals surface area contributed by atoms with Crippen LogP contribution in [0.5, 0.6) is 5.75 Å². The average Bonchev–Trinajstić information content (AvgIpc) is 2.96. The molecular weight excluding hydrogens is 462 g/mol. The van der Waals surface area contributed by atoms with Crippen LogP contribution in [0.3, 0.4) is 0 Å². The molecule has 0 saturated carbocycles. The molecule has 3 aromatic rings. The lowest BCUT2D eigenvalue weighted by Gasteiger charge is -2.28. The van der Waals surface area contributed by atoms with Crippen LogP contribution in [0.4, 0.5) is 10.5 Å². The van der Waals surface area contributed by atoms with Gasteiger partial charge in [-0.15, -0.1) is 0 Å². The SMILES string of the molecule is CO.COc1ccccc1NC(=O)N1CCCCNC[C@H](c2ccc(C#Cc3ccccc3)cc2)CC1. The Bertz CT molecular complexity index is 1150. The summed E-state index contributed by atoms with van der Waals surface area (Å²) in [6, 6.07) is 26.0. The van der Waals surface area contributed by atoms with Gasteiger partial charge in [-0.2, -0.15) is 0 Å². The molecule has 0 bridgehead atoms.